The van der Waals surface area contributed by atoms with Crippen molar-refractivity contribution in [2.75, 3.05) is 0 Å². The lowest BCUT2D eigenvalue weighted by molar-refractivity contribution is 0.00578. The number of furan rings is 1. The average molecular weight is 420 g/mol. The third-order valence-corrected chi connectivity index (χ3v) is 7.09. The minimum absolute atomic E-state index is 0.367. The lowest BCUT2D eigenvalue weighted by Crippen LogP contribution is -2.41. The fraction of sp³-hybridized carbons (Fsp3) is 0.214. The molecule has 0 amide bonds. The van der Waals surface area contributed by atoms with Crippen LogP contribution in [0.3, 0.4) is 0 Å². The monoisotopic (exact) mass is 420 g/mol. The molecular weight excluding hydrogens is 395 g/mol. The van der Waals surface area contributed by atoms with Gasteiger partial charge in [-0.25, -0.2) is 0 Å². The topological polar surface area (TPSA) is 31.6 Å². The summed E-state index contributed by atoms with van der Waals surface area (Å²) in [6.45, 7) is 8.32. The standard InChI is InChI=1S/C28H25BO3/c1-27(2)28(3,4)32-29(31-27)21-12-7-11-20(15-21)22-13-8-14-23-24-16-18-9-5-6-10-19(18)17-25(24)30-26(22)23/h5-17H,1-4H3. The van der Waals surface area contributed by atoms with E-state index in [9.17, 15) is 0 Å². The van der Waals surface area contributed by atoms with Crippen LogP contribution in [0.4, 0.5) is 0 Å². The second kappa shape index (κ2) is 6.71. The first kappa shape index (κ1) is 19.6. The quantitative estimate of drug-likeness (QED) is 0.298. The number of fused-ring (bicyclic) bond motifs is 4. The van der Waals surface area contributed by atoms with Gasteiger partial charge in [0.1, 0.15) is 11.2 Å². The molecule has 0 bridgehead atoms. The van der Waals surface area contributed by atoms with Crippen LogP contribution in [0.2, 0.25) is 0 Å². The van der Waals surface area contributed by atoms with Crippen LogP contribution in [0, 0.1) is 0 Å². The number of rotatable bonds is 2. The summed E-state index contributed by atoms with van der Waals surface area (Å²) in [7, 11) is -0.389. The van der Waals surface area contributed by atoms with Gasteiger partial charge in [0.25, 0.3) is 0 Å². The van der Waals surface area contributed by atoms with Crippen molar-refractivity contribution in [2.24, 2.45) is 0 Å². The molecule has 0 spiro atoms. The van der Waals surface area contributed by atoms with Gasteiger partial charge in [-0.2, -0.15) is 0 Å². The maximum atomic E-state index is 6.42. The number of hydrogen-bond donors (Lipinski definition) is 0. The first-order valence-corrected chi connectivity index (χ1v) is 11.1. The third-order valence-electron chi connectivity index (χ3n) is 7.09. The van der Waals surface area contributed by atoms with E-state index in [0.29, 0.717) is 0 Å². The maximum Gasteiger partial charge on any atom is 0.494 e. The molecule has 1 aromatic heterocycles. The summed E-state index contributed by atoms with van der Waals surface area (Å²) in [5.41, 5.74) is 4.26. The van der Waals surface area contributed by atoms with Crippen molar-refractivity contribution < 1.29 is 13.7 Å². The van der Waals surface area contributed by atoms with E-state index >= 15 is 0 Å². The Hall–Kier alpha value is -3.08. The van der Waals surface area contributed by atoms with E-state index in [4.69, 9.17) is 13.7 Å². The van der Waals surface area contributed by atoms with Crippen LogP contribution in [0.1, 0.15) is 27.7 Å². The van der Waals surface area contributed by atoms with Crippen molar-refractivity contribution in [3.05, 3.63) is 78.9 Å². The summed E-state index contributed by atoms with van der Waals surface area (Å²) < 4.78 is 19.0. The summed E-state index contributed by atoms with van der Waals surface area (Å²) >= 11 is 0. The maximum absolute atomic E-state index is 6.42. The van der Waals surface area contributed by atoms with Crippen molar-refractivity contribution in [3.63, 3.8) is 0 Å². The minimum Gasteiger partial charge on any atom is -0.455 e. The van der Waals surface area contributed by atoms with Crippen LogP contribution in [-0.4, -0.2) is 18.3 Å². The Kier molecular flexibility index (Phi) is 4.11. The van der Waals surface area contributed by atoms with E-state index in [1.807, 2.05) is 0 Å². The van der Waals surface area contributed by atoms with Crippen LogP contribution in [0.25, 0.3) is 43.8 Å². The Morgan fingerprint density at radius 1 is 0.656 bits per heavy atom. The Labute approximate surface area is 188 Å². The molecule has 0 unspecified atom stereocenters. The number of benzene rings is 4. The van der Waals surface area contributed by atoms with Crippen molar-refractivity contribution >= 4 is 45.3 Å². The van der Waals surface area contributed by atoms with Gasteiger partial charge in [-0.15, -0.1) is 0 Å². The SMILES string of the molecule is CC1(C)OB(c2cccc(-c3cccc4c3oc3cc5ccccc5cc34)c2)OC1(C)C. The number of para-hydroxylation sites is 1. The molecule has 2 heterocycles. The molecule has 158 valence electrons. The molecule has 32 heavy (non-hydrogen) atoms. The van der Waals surface area contributed by atoms with Crippen molar-refractivity contribution in [3.8, 4) is 11.1 Å². The summed E-state index contributed by atoms with van der Waals surface area (Å²) in [6.07, 6.45) is 0. The van der Waals surface area contributed by atoms with Gasteiger partial charge in [0, 0.05) is 16.3 Å². The zero-order valence-corrected chi connectivity index (χ0v) is 18.8. The molecule has 1 saturated heterocycles. The largest absolute Gasteiger partial charge is 0.494 e. The number of hydrogen-bond acceptors (Lipinski definition) is 3. The van der Waals surface area contributed by atoms with Crippen molar-refractivity contribution in [1.82, 2.24) is 0 Å². The molecule has 0 aliphatic carbocycles. The molecule has 0 atom stereocenters. The van der Waals surface area contributed by atoms with Gasteiger partial charge in [0.05, 0.1) is 11.2 Å². The van der Waals surface area contributed by atoms with Gasteiger partial charge in [0.2, 0.25) is 0 Å². The van der Waals surface area contributed by atoms with Crippen molar-refractivity contribution in [1.29, 1.82) is 0 Å². The Bertz CT molecular complexity index is 1480. The molecule has 0 N–H and O–H groups in total. The molecule has 0 radical (unpaired) electrons. The highest BCUT2D eigenvalue weighted by Crippen LogP contribution is 2.39. The fourth-order valence-electron chi connectivity index (χ4n) is 4.54. The van der Waals surface area contributed by atoms with Crippen LogP contribution in [0.5, 0.6) is 0 Å². The van der Waals surface area contributed by atoms with E-state index in [1.165, 1.54) is 10.8 Å². The lowest BCUT2D eigenvalue weighted by atomic mass is 9.78. The van der Waals surface area contributed by atoms with Crippen LogP contribution in [-0.2, 0) is 9.31 Å². The van der Waals surface area contributed by atoms with Gasteiger partial charge in [-0.3, -0.25) is 0 Å². The van der Waals surface area contributed by atoms with Gasteiger partial charge in [-0.05, 0) is 61.6 Å². The Morgan fingerprint density at radius 3 is 2.09 bits per heavy atom. The van der Waals surface area contributed by atoms with Crippen molar-refractivity contribution in [2.45, 2.75) is 38.9 Å². The van der Waals surface area contributed by atoms with Crippen LogP contribution in [0.15, 0.2) is 83.3 Å². The third kappa shape index (κ3) is 2.91. The molecule has 5 aromatic rings. The van der Waals surface area contributed by atoms with Gasteiger partial charge < -0.3 is 13.7 Å². The highest BCUT2D eigenvalue weighted by atomic mass is 16.7. The normalized spacial score (nSPS) is 17.6. The van der Waals surface area contributed by atoms with Gasteiger partial charge in [-0.1, -0.05) is 66.7 Å². The fourth-order valence-corrected chi connectivity index (χ4v) is 4.54. The first-order chi connectivity index (χ1) is 15.3. The van der Waals surface area contributed by atoms with E-state index in [0.717, 1.165) is 38.5 Å². The average Bonchev–Trinajstić information content (AvgIpc) is 3.24. The summed E-state index contributed by atoms with van der Waals surface area (Å²) in [4.78, 5) is 0. The van der Waals surface area contributed by atoms with Gasteiger partial charge in [0.15, 0.2) is 0 Å². The van der Waals surface area contributed by atoms with E-state index < -0.39 is 0 Å². The Balaban J connectivity index is 1.49. The highest BCUT2D eigenvalue weighted by molar-refractivity contribution is 6.62. The zero-order valence-electron chi connectivity index (χ0n) is 18.8. The second-order valence-corrected chi connectivity index (χ2v) is 9.69. The van der Waals surface area contributed by atoms with E-state index in [-0.39, 0.29) is 18.3 Å². The molecular formula is C28H25BO3. The Morgan fingerprint density at radius 2 is 1.34 bits per heavy atom. The van der Waals surface area contributed by atoms with E-state index in [2.05, 4.69) is 107 Å². The summed E-state index contributed by atoms with van der Waals surface area (Å²) in [6, 6.07) is 27.5. The predicted octanol–water partition coefficient (Wildman–Crippen LogP) is 6.71. The molecule has 4 aromatic carbocycles. The molecule has 3 nitrogen and oxygen atoms in total. The molecule has 0 saturated carbocycles. The predicted molar refractivity (Wildman–Crippen MR) is 132 cm³/mol. The molecule has 6 rings (SSSR count). The summed E-state index contributed by atoms with van der Waals surface area (Å²) in [5.74, 6) is 0. The van der Waals surface area contributed by atoms with Crippen LogP contribution >= 0.6 is 0 Å². The molecule has 1 fully saturated rings. The smallest absolute Gasteiger partial charge is 0.455 e. The minimum atomic E-state index is -0.389. The first-order valence-electron chi connectivity index (χ1n) is 11.1. The molecule has 4 heteroatoms. The highest BCUT2D eigenvalue weighted by Gasteiger charge is 2.51. The summed E-state index contributed by atoms with van der Waals surface area (Å²) in [5, 5.41) is 4.67. The lowest BCUT2D eigenvalue weighted by Gasteiger charge is -2.32. The van der Waals surface area contributed by atoms with Crippen LogP contribution < -0.4 is 5.46 Å². The van der Waals surface area contributed by atoms with Gasteiger partial charge >= 0.3 is 7.12 Å². The van der Waals surface area contributed by atoms with E-state index in [1.54, 1.807) is 0 Å². The molecule has 1 aliphatic rings. The second-order valence-electron chi connectivity index (χ2n) is 9.69. The molecule has 1 aliphatic heterocycles. The zero-order chi connectivity index (χ0) is 22.1.